The van der Waals surface area contributed by atoms with Crippen molar-refractivity contribution in [3.05, 3.63) is 66.2 Å². The number of hydrogen-bond donors (Lipinski definition) is 2. The lowest BCUT2D eigenvalue weighted by Gasteiger charge is -2.11. The first-order valence-electron chi connectivity index (χ1n) is 7.21. The lowest BCUT2D eigenvalue weighted by atomic mass is 10.1. The summed E-state index contributed by atoms with van der Waals surface area (Å²) in [5.74, 6) is -0.143. The predicted octanol–water partition coefficient (Wildman–Crippen LogP) is 2.75. The van der Waals surface area contributed by atoms with Crippen LogP contribution < -0.4 is 10.6 Å². The average Bonchev–Trinajstić information content (AvgIpc) is 3.05. The van der Waals surface area contributed by atoms with Gasteiger partial charge in [0.2, 0.25) is 0 Å². The van der Waals surface area contributed by atoms with E-state index in [2.05, 4.69) is 32.2 Å². The highest BCUT2D eigenvalue weighted by molar-refractivity contribution is 5.99. The van der Waals surface area contributed by atoms with Gasteiger partial charge in [0.05, 0.1) is 5.56 Å². The molecule has 0 atom stereocenters. The molecule has 6 heteroatoms. The molecule has 23 heavy (non-hydrogen) atoms. The maximum Gasteiger partial charge on any atom is 0.253 e. The largest absolute Gasteiger partial charge is 0.381 e. The van der Waals surface area contributed by atoms with Gasteiger partial charge in [0.25, 0.3) is 5.91 Å². The van der Waals surface area contributed by atoms with E-state index in [1.54, 1.807) is 12.1 Å². The van der Waals surface area contributed by atoms with Crippen molar-refractivity contribution in [3.8, 4) is 0 Å². The maximum absolute atomic E-state index is 12.4. The smallest absolute Gasteiger partial charge is 0.253 e. The number of nitrogens with one attached hydrogen (secondary N) is 2. The Bertz CT molecular complexity index is 841. The number of aromatic nitrogens is 2. The lowest BCUT2D eigenvalue weighted by molar-refractivity contribution is 0.0951. The number of para-hydroxylation sites is 1. The van der Waals surface area contributed by atoms with Crippen molar-refractivity contribution in [1.82, 2.24) is 15.6 Å². The monoisotopic (exact) mass is 308 g/mol. The topological polar surface area (TPSA) is 80.0 Å². The molecular weight excluding hydrogens is 292 g/mol. The zero-order valence-corrected chi connectivity index (χ0v) is 12.5. The summed E-state index contributed by atoms with van der Waals surface area (Å²) < 4.78 is 4.66. The van der Waals surface area contributed by atoms with Crippen molar-refractivity contribution in [3.63, 3.8) is 0 Å². The highest BCUT2D eigenvalue weighted by Crippen LogP contribution is 2.15. The van der Waals surface area contributed by atoms with E-state index >= 15 is 0 Å². The Morgan fingerprint density at radius 3 is 2.87 bits per heavy atom. The summed E-state index contributed by atoms with van der Waals surface area (Å²) in [4.78, 5) is 12.4. The van der Waals surface area contributed by atoms with Crippen LogP contribution in [-0.2, 0) is 6.54 Å². The molecule has 2 aromatic carbocycles. The van der Waals surface area contributed by atoms with Crippen molar-refractivity contribution < 1.29 is 9.42 Å². The number of rotatable bonds is 6. The Balaban J connectivity index is 1.70. The third-order valence-electron chi connectivity index (χ3n) is 3.38. The van der Waals surface area contributed by atoms with Crippen LogP contribution in [0.3, 0.4) is 0 Å². The molecule has 0 saturated heterocycles. The Labute approximate surface area is 133 Å². The van der Waals surface area contributed by atoms with Crippen LogP contribution in [0, 0.1) is 0 Å². The minimum absolute atomic E-state index is 0.143. The highest BCUT2D eigenvalue weighted by atomic mass is 16.6. The fraction of sp³-hybridized carbons (Fsp3) is 0.118. The van der Waals surface area contributed by atoms with Crippen LogP contribution in [0.1, 0.15) is 15.9 Å². The first-order chi connectivity index (χ1) is 11.3. The van der Waals surface area contributed by atoms with Gasteiger partial charge in [0.15, 0.2) is 0 Å². The number of fused-ring (bicyclic) bond motifs is 1. The normalized spacial score (nSPS) is 10.4. The molecule has 0 aliphatic heterocycles. The summed E-state index contributed by atoms with van der Waals surface area (Å²) in [6.45, 7) is 4.66. The third-order valence-corrected chi connectivity index (χ3v) is 3.38. The van der Waals surface area contributed by atoms with Crippen molar-refractivity contribution in [2.45, 2.75) is 6.54 Å². The van der Waals surface area contributed by atoms with Gasteiger partial charge in [0.1, 0.15) is 11.0 Å². The van der Waals surface area contributed by atoms with Gasteiger partial charge < -0.3 is 10.6 Å². The van der Waals surface area contributed by atoms with Crippen molar-refractivity contribution in [2.24, 2.45) is 0 Å². The van der Waals surface area contributed by atoms with Gasteiger partial charge >= 0.3 is 0 Å². The minimum Gasteiger partial charge on any atom is -0.381 e. The molecule has 1 aromatic heterocycles. The summed E-state index contributed by atoms with van der Waals surface area (Å²) >= 11 is 0. The summed E-state index contributed by atoms with van der Waals surface area (Å²) in [5.41, 5.74) is 3.67. The Hall–Kier alpha value is -3.15. The number of hydrogen-bond acceptors (Lipinski definition) is 5. The molecule has 3 rings (SSSR count). The zero-order chi connectivity index (χ0) is 16.1. The highest BCUT2D eigenvalue weighted by Gasteiger charge is 2.10. The zero-order valence-electron chi connectivity index (χ0n) is 12.5. The summed E-state index contributed by atoms with van der Waals surface area (Å²) in [7, 11) is 0. The van der Waals surface area contributed by atoms with Gasteiger partial charge in [-0.25, -0.2) is 4.63 Å². The maximum atomic E-state index is 12.4. The molecule has 1 heterocycles. The van der Waals surface area contributed by atoms with E-state index in [4.69, 9.17) is 0 Å². The number of anilines is 1. The fourth-order valence-corrected chi connectivity index (χ4v) is 2.23. The van der Waals surface area contributed by atoms with Crippen molar-refractivity contribution in [2.75, 3.05) is 11.9 Å². The molecule has 0 bridgehead atoms. The number of amides is 1. The second kappa shape index (κ2) is 6.74. The molecule has 6 nitrogen and oxygen atoms in total. The predicted molar refractivity (Wildman–Crippen MR) is 88.1 cm³/mol. The van der Waals surface area contributed by atoms with Gasteiger partial charge in [-0.1, -0.05) is 24.3 Å². The van der Waals surface area contributed by atoms with Crippen LogP contribution in [0.25, 0.3) is 11.0 Å². The van der Waals surface area contributed by atoms with E-state index in [9.17, 15) is 4.79 Å². The van der Waals surface area contributed by atoms with Gasteiger partial charge in [0, 0.05) is 18.8 Å². The summed E-state index contributed by atoms with van der Waals surface area (Å²) in [5, 5.41) is 13.6. The molecule has 2 N–H and O–H groups in total. The molecule has 0 aliphatic carbocycles. The number of benzene rings is 2. The van der Waals surface area contributed by atoms with Crippen LogP contribution in [0.2, 0.25) is 0 Å². The molecule has 0 radical (unpaired) electrons. The molecule has 0 spiro atoms. The van der Waals surface area contributed by atoms with E-state index in [0.717, 1.165) is 11.3 Å². The molecular formula is C17H16N4O2. The van der Waals surface area contributed by atoms with Gasteiger partial charge in [-0.05, 0) is 40.1 Å². The van der Waals surface area contributed by atoms with Crippen LogP contribution in [0.5, 0.6) is 0 Å². The van der Waals surface area contributed by atoms with Crippen molar-refractivity contribution in [1.29, 1.82) is 0 Å². The number of carbonyl (C=O) groups is 1. The molecule has 0 aliphatic rings. The summed E-state index contributed by atoms with van der Waals surface area (Å²) in [6.07, 6.45) is 1.75. The average molecular weight is 308 g/mol. The van der Waals surface area contributed by atoms with Gasteiger partial charge in [-0.3, -0.25) is 4.79 Å². The SMILES string of the molecule is C=CCNc1ccccc1C(=O)NCc1ccc2nonc2c1. The lowest BCUT2D eigenvalue weighted by Crippen LogP contribution is -2.24. The van der Waals surface area contributed by atoms with Gasteiger partial charge in [-0.2, -0.15) is 0 Å². The van der Waals surface area contributed by atoms with E-state index in [-0.39, 0.29) is 5.91 Å². The van der Waals surface area contributed by atoms with E-state index < -0.39 is 0 Å². The Kier molecular flexibility index (Phi) is 4.33. The molecule has 3 aromatic rings. The second-order valence-corrected chi connectivity index (χ2v) is 4.99. The van der Waals surface area contributed by atoms with E-state index in [1.165, 1.54) is 0 Å². The molecule has 0 unspecified atom stereocenters. The Morgan fingerprint density at radius 1 is 1.17 bits per heavy atom. The van der Waals surface area contributed by atoms with Crippen LogP contribution in [0.4, 0.5) is 5.69 Å². The van der Waals surface area contributed by atoms with E-state index in [1.807, 2.05) is 36.4 Å². The minimum atomic E-state index is -0.143. The van der Waals surface area contributed by atoms with Crippen LogP contribution in [0.15, 0.2) is 59.7 Å². The fourth-order valence-electron chi connectivity index (χ4n) is 2.23. The number of nitrogens with zero attached hydrogens (tertiary/aromatic N) is 2. The second-order valence-electron chi connectivity index (χ2n) is 4.99. The van der Waals surface area contributed by atoms with Gasteiger partial charge in [-0.15, -0.1) is 6.58 Å². The third kappa shape index (κ3) is 3.37. The number of carbonyl (C=O) groups excluding carboxylic acids is 1. The molecule has 0 fully saturated rings. The van der Waals surface area contributed by atoms with Crippen LogP contribution in [-0.4, -0.2) is 22.8 Å². The van der Waals surface area contributed by atoms with Crippen molar-refractivity contribution >= 4 is 22.6 Å². The Morgan fingerprint density at radius 2 is 2.00 bits per heavy atom. The van der Waals surface area contributed by atoms with Crippen LogP contribution >= 0.6 is 0 Å². The molecule has 0 saturated carbocycles. The molecule has 116 valence electrons. The molecule has 1 amide bonds. The standard InChI is InChI=1S/C17H16N4O2/c1-2-9-18-14-6-4-3-5-13(14)17(22)19-11-12-7-8-15-16(10-12)21-23-20-15/h2-8,10,18H,1,9,11H2,(H,19,22). The van der Waals surface area contributed by atoms with E-state index in [0.29, 0.717) is 29.7 Å². The first kappa shape index (κ1) is 14.8. The summed E-state index contributed by atoms with van der Waals surface area (Å²) in [6, 6.07) is 12.9. The quantitative estimate of drug-likeness (QED) is 0.684. The first-order valence-corrected chi connectivity index (χ1v) is 7.21.